The van der Waals surface area contributed by atoms with Crippen LogP contribution in [0.15, 0.2) is 34.9 Å². The van der Waals surface area contributed by atoms with E-state index in [0.29, 0.717) is 6.04 Å². The average molecular weight is 336 g/mol. The largest absolute Gasteiger partial charge is 0.493 e. The zero-order valence-corrected chi connectivity index (χ0v) is 13.1. The molecule has 1 aromatic heterocycles. The topological polar surface area (TPSA) is 39.1 Å². The molecule has 0 amide bonds. The summed E-state index contributed by atoms with van der Waals surface area (Å²) in [7, 11) is 1.94. The van der Waals surface area contributed by atoms with Crippen molar-refractivity contribution in [3.8, 4) is 5.75 Å². The molecule has 106 valence electrons. The zero-order valence-electron chi connectivity index (χ0n) is 11.5. The monoisotopic (exact) mass is 335 g/mol. The summed E-state index contributed by atoms with van der Waals surface area (Å²) in [6.07, 6.45) is 4.12. The quantitative estimate of drug-likeness (QED) is 0.936. The molecule has 1 N–H and O–H groups in total. The van der Waals surface area contributed by atoms with Crippen LogP contribution in [0.2, 0.25) is 0 Å². The van der Waals surface area contributed by atoms with Crippen molar-refractivity contribution in [1.82, 2.24) is 15.1 Å². The summed E-state index contributed by atoms with van der Waals surface area (Å²) < 4.78 is 8.71. The molecule has 0 fully saturated rings. The van der Waals surface area contributed by atoms with Crippen molar-refractivity contribution in [1.29, 1.82) is 0 Å². The molecule has 3 rings (SSSR count). The molecular weight excluding hydrogens is 318 g/mol. The highest BCUT2D eigenvalue weighted by Crippen LogP contribution is 2.33. The summed E-state index contributed by atoms with van der Waals surface area (Å²) >= 11 is 3.50. The Kier molecular flexibility index (Phi) is 4.08. The van der Waals surface area contributed by atoms with E-state index in [-0.39, 0.29) is 0 Å². The van der Waals surface area contributed by atoms with E-state index >= 15 is 0 Å². The maximum atomic E-state index is 5.83. The molecule has 0 radical (unpaired) electrons. The van der Waals surface area contributed by atoms with E-state index in [0.717, 1.165) is 41.9 Å². The van der Waals surface area contributed by atoms with Gasteiger partial charge in [0.25, 0.3) is 0 Å². The van der Waals surface area contributed by atoms with Crippen molar-refractivity contribution < 1.29 is 4.74 Å². The third-order valence-corrected chi connectivity index (χ3v) is 4.04. The second-order valence-corrected chi connectivity index (χ2v) is 6.00. The number of benzene rings is 1. The maximum Gasteiger partial charge on any atom is 0.125 e. The number of hydrogen-bond acceptors (Lipinski definition) is 3. The van der Waals surface area contributed by atoms with Crippen LogP contribution in [0.1, 0.15) is 30.1 Å². The molecule has 0 saturated heterocycles. The maximum absolute atomic E-state index is 5.83. The second-order valence-electron chi connectivity index (χ2n) is 5.09. The third-order valence-electron chi connectivity index (χ3n) is 3.54. The molecule has 2 aromatic rings. The first kappa shape index (κ1) is 13.6. The smallest absolute Gasteiger partial charge is 0.125 e. The van der Waals surface area contributed by atoms with Gasteiger partial charge in [0.1, 0.15) is 5.75 Å². The number of nitrogens with one attached hydrogen (secondary N) is 1. The number of nitrogens with zero attached hydrogens (tertiary/aromatic N) is 2. The van der Waals surface area contributed by atoms with E-state index in [9.17, 15) is 0 Å². The van der Waals surface area contributed by atoms with Crippen LogP contribution in [0.3, 0.4) is 0 Å². The van der Waals surface area contributed by atoms with Crippen LogP contribution in [0.4, 0.5) is 0 Å². The molecule has 2 heterocycles. The molecule has 0 spiro atoms. The summed E-state index contributed by atoms with van der Waals surface area (Å²) in [5.41, 5.74) is 2.30. The predicted molar refractivity (Wildman–Crippen MR) is 81.7 cm³/mol. The molecule has 0 saturated carbocycles. The SMILES string of the molecule is Cn1ccc(CNC2CCCOc3cc(Br)ccc32)n1. The van der Waals surface area contributed by atoms with Crippen molar-refractivity contribution in [3.05, 3.63) is 46.2 Å². The highest BCUT2D eigenvalue weighted by Gasteiger charge is 2.19. The predicted octanol–water partition coefficient (Wildman–Crippen LogP) is 3.19. The van der Waals surface area contributed by atoms with Gasteiger partial charge in [-0.3, -0.25) is 4.68 Å². The number of hydrogen-bond donors (Lipinski definition) is 1. The van der Waals surface area contributed by atoms with Gasteiger partial charge in [0.2, 0.25) is 0 Å². The van der Waals surface area contributed by atoms with E-state index in [4.69, 9.17) is 4.74 Å². The Morgan fingerprint density at radius 3 is 3.15 bits per heavy atom. The molecule has 20 heavy (non-hydrogen) atoms. The van der Waals surface area contributed by atoms with Crippen LogP contribution < -0.4 is 10.1 Å². The van der Waals surface area contributed by atoms with Crippen LogP contribution in [0.5, 0.6) is 5.75 Å². The minimum atomic E-state index is 0.322. The normalized spacial score (nSPS) is 18.2. The highest BCUT2D eigenvalue weighted by atomic mass is 79.9. The van der Waals surface area contributed by atoms with Crippen LogP contribution in [-0.2, 0) is 13.6 Å². The Morgan fingerprint density at radius 1 is 1.45 bits per heavy atom. The van der Waals surface area contributed by atoms with Gasteiger partial charge < -0.3 is 10.1 Å². The summed E-state index contributed by atoms with van der Waals surface area (Å²) in [4.78, 5) is 0. The molecule has 1 atom stereocenters. The van der Waals surface area contributed by atoms with E-state index in [2.05, 4.69) is 44.5 Å². The lowest BCUT2D eigenvalue weighted by Crippen LogP contribution is -2.21. The zero-order chi connectivity index (χ0) is 13.9. The van der Waals surface area contributed by atoms with Crippen LogP contribution in [0, 0.1) is 0 Å². The highest BCUT2D eigenvalue weighted by molar-refractivity contribution is 9.10. The van der Waals surface area contributed by atoms with Gasteiger partial charge >= 0.3 is 0 Å². The Hall–Kier alpha value is -1.33. The van der Waals surface area contributed by atoms with Crippen molar-refractivity contribution in [3.63, 3.8) is 0 Å². The van der Waals surface area contributed by atoms with E-state index in [1.807, 2.05) is 24.0 Å². The van der Waals surface area contributed by atoms with Crippen molar-refractivity contribution in [2.45, 2.75) is 25.4 Å². The standard InChI is InChI=1S/C15H18BrN3O/c1-19-7-6-12(18-19)10-17-14-3-2-8-20-15-9-11(16)4-5-13(14)15/h4-7,9,14,17H,2-3,8,10H2,1H3. The van der Waals surface area contributed by atoms with E-state index < -0.39 is 0 Å². The molecule has 4 nitrogen and oxygen atoms in total. The number of ether oxygens (including phenoxy) is 1. The van der Waals surface area contributed by atoms with E-state index in [1.165, 1.54) is 5.56 Å². The molecule has 0 bridgehead atoms. The number of rotatable bonds is 3. The Bertz CT molecular complexity index is 597. The molecule has 1 unspecified atom stereocenters. The van der Waals surface area contributed by atoms with Gasteiger partial charge in [-0.15, -0.1) is 0 Å². The fourth-order valence-corrected chi connectivity index (χ4v) is 2.88. The van der Waals surface area contributed by atoms with Crippen molar-refractivity contribution in [2.24, 2.45) is 7.05 Å². The van der Waals surface area contributed by atoms with Crippen LogP contribution >= 0.6 is 15.9 Å². The van der Waals surface area contributed by atoms with Gasteiger partial charge in [0, 0.05) is 35.9 Å². The summed E-state index contributed by atoms with van der Waals surface area (Å²) in [6.45, 7) is 1.56. The lowest BCUT2D eigenvalue weighted by molar-refractivity contribution is 0.315. The lowest BCUT2D eigenvalue weighted by atomic mass is 10.0. The number of aryl methyl sites for hydroxylation is 1. The molecule has 1 aliphatic rings. The molecule has 1 aromatic carbocycles. The Balaban J connectivity index is 1.76. The van der Waals surface area contributed by atoms with Gasteiger partial charge in [-0.2, -0.15) is 5.10 Å². The minimum Gasteiger partial charge on any atom is -0.493 e. The Morgan fingerprint density at radius 2 is 2.35 bits per heavy atom. The van der Waals surface area contributed by atoms with Gasteiger partial charge in [-0.1, -0.05) is 22.0 Å². The second kappa shape index (κ2) is 5.97. The Labute approximate surface area is 127 Å². The number of halogens is 1. The van der Waals surface area contributed by atoms with Crippen molar-refractivity contribution >= 4 is 15.9 Å². The van der Waals surface area contributed by atoms with Crippen LogP contribution in [-0.4, -0.2) is 16.4 Å². The summed E-state index contributed by atoms with van der Waals surface area (Å²) in [6, 6.07) is 8.63. The minimum absolute atomic E-state index is 0.322. The fraction of sp³-hybridized carbons (Fsp3) is 0.400. The average Bonchev–Trinajstić information content (AvgIpc) is 2.74. The summed E-state index contributed by atoms with van der Waals surface area (Å²) in [5, 5.41) is 8.00. The van der Waals surface area contributed by atoms with Crippen molar-refractivity contribution in [2.75, 3.05) is 6.61 Å². The molecule has 0 aliphatic carbocycles. The van der Waals surface area contributed by atoms with Gasteiger partial charge in [0.15, 0.2) is 0 Å². The third kappa shape index (κ3) is 3.04. The molecular formula is C15H18BrN3O. The number of fused-ring (bicyclic) bond motifs is 1. The first-order valence-electron chi connectivity index (χ1n) is 6.86. The van der Waals surface area contributed by atoms with Gasteiger partial charge in [-0.25, -0.2) is 0 Å². The first-order chi connectivity index (χ1) is 9.72. The first-order valence-corrected chi connectivity index (χ1v) is 7.66. The summed E-state index contributed by atoms with van der Waals surface area (Å²) in [5.74, 6) is 0.982. The molecule has 5 heteroatoms. The fourth-order valence-electron chi connectivity index (χ4n) is 2.54. The number of aromatic nitrogens is 2. The molecule has 1 aliphatic heterocycles. The van der Waals surface area contributed by atoms with E-state index in [1.54, 1.807) is 0 Å². The van der Waals surface area contributed by atoms with Crippen LogP contribution in [0.25, 0.3) is 0 Å². The lowest BCUT2D eigenvalue weighted by Gasteiger charge is -2.18. The van der Waals surface area contributed by atoms with Gasteiger partial charge in [-0.05, 0) is 31.0 Å². The van der Waals surface area contributed by atoms with Gasteiger partial charge in [0.05, 0.1) is 12.3 Å².